The second-order valence-electron chi connectivity index (χ2n) is 4.79. The van der Waals surface area contributed by atoms with Crippen LogP contribution in [0.25, 0.3) is 0 Å². The Bertz CT molecular complexity index is 800. The zero-order chi connectivity index (χ0) is 18.2. The Labute approximate surface area is 157 Å². The van der Waals surface area contributed by atoms with Gasteiger partial charge in [-0.05, 0) is 40.4 Å². The van der Waals surface area contributed by atoms with Crippen molar-refractivity contribution in [2.45, 2.75) is 13.3 Å². The second kappa shape index (κ2) is 9.20. The number of hydrogen-bond donors (Lipinski definition) is 1. The van der Waals surface area contributed by atoms with E-state index in [0.717, 1.165) is 0 Å². The number of carbonyl (C=O) groups excluding carboxylic acids is 2. The molecule has 6 nitrogen and oxygen atoms in total. The number of esters is 1. The molecule has 0 bridgehead atoms. The largest absolute Gasteiger partial charge is 0.490 e. The van der Waals surface area contributed by atoms with E-state index in [2.05, 4.69) is 21.2 Å². The fraction of sp³-hybridized carbons (Fsp3) is 0.235. The zero-order valence-corrected chi connectivity index (χ0v) is 15.8. The molecule has 130 valence electrons. The molecule has 1 aromatic heterocycles. The average molecular weight is 423 g/mol. The van der Waals surface area contributed by atoms with E-state index in [-0.39, 0.29) is 24.6 Å². The number of benzene rings is 1. The number of hydrogen-bond acceptors (Lipinski definition) is 6. The molecule has 1 amide bonds. The standard InChI is InChI=1S/C17H15BrN2O4S/c1-2-23-13-9-11(10-19)8-12(18)16(13)24-15(21)5-6-20-17(22)14-4-3-7-25-14/h3-4,7-9H,2,5-6H2,1H3,(H,20,22). The van der Waals surface area contributed by atoms with Crippen molar-refractivity contribution in [2.75, 3.05) is 13.2 Å². The van der Waals surface area contributed by atoms with Crippen LogP contribution in [0.1, 0.15) is 28.6 Å². The molecule has 0 aliphatic rings. The first-order valence-electron chi connectivity index (χ1n) is 7.44. The maximum Gasteiger partial charge on any atom is 0.313 e. The Morgan fingerprint density at radius 2 is 2.20 bits per heavy atom. The number of nitriles is 1. The lowest BCUT2D eigenvalue weighted by Crippen LogP contribution is -2.26. The van der Waals surface area contributed by atoms with Gasteiger partial charge in [0.05, 0.1) is 34.0 Å². The summed E-state index contributed by atoms with van der Waals surface area (Å²) in [4.78, 5) is 24.4. The van der Waals surface area contributed by atoms with E-state index < -0.39 is 5.97 Å². The van der Waals surface area contributed by atoms with Gasteiger partial charge in [-0.3, -0.25) is 9.59 Å². The SMILES string of the molecule is CCOc1cc(C#N)cc(Br)c1OC(=O)CCNC(=O)c1cccs1. The Morgan fingerprint density at radius 3 is 2.84 bits per heavy atom. The smallest absolute Gasteiger partial charge is 0.313 e. The molecule has 25 heavy (non-hydrogen) atoms. The van der Waals surface area contributed by atoms with Gasteiger partial charge in [0.25, 0.3) is 5.91 Å². The van der Waals surface area contributed by atoms with Crippen molar-refractivity contribution < 1.29 is 19.1 Å². The third-order valence-corrected chi connectivity index (χ3v) is 4.47. The number of carbonyl (C=O) groups is 2. The lowest BCUT2D eigenvalue weighted by Gasteiger charge is -2.13. The number of nitrogens with zero attached hydrogens (tertiary/aromatic N) is 1. The van der Waals surface area contributed by atoms with E-state index in [0.29, 0.717) is 27.3 Å². The Kier molecular flexibility index (Phi) is 6.98. The van der Waals surface area contributed by atoms with Gasteiger partial charge < -0.3 is 14.8 Å². The Morgan fingerprint density at radius 1 is 1.40 bits per heavy atom. The van der Waals surface area contributed by atoms with Crippen molar-refractivity contribution in [2.24, 2.45) is 0 Å². The predicted molar refractivity (Wildman–Crippen MR) is 96.9 cm³/mol. The summed E-state index contributed by atoms with van der Waals surface area (Å²) in [5.74, 6) is -0.213. The maximum atomic E-state index is 12.0. The lowest BCUT2D eigenvalue weighted by atomic mass is 10.2. The van der Waals surface area contributed by atoms with E-state index in [1.807, 2.05) is 6.07 Å². The molecule has 0 aliphatic heterocycles. The molecule has 0 spiro atoms. The summed E-state index contributed by atoms with van der Waals surface area (Å²) >= 11 is 4.61. The van der Waals surface area contributed by atoms with Crippen LogP contribution in [0.3, 0.4) is 0 Å². The summed E-state index contributed by atoms with van der Waals surface area (Å²) in [6.07, 6.45) is 0.00905. The highest BCUT2D eigenvalue weighted by molar-refractivity contribution is 9.10. The fourth-order valence-corrected chi connectivity index (χ4v) is 3.10. The van der Waals surface area contributed by atoms with Crippen LogP contribution >= 0.6 is 27.3 Å². The summed E-state index contributed by atoms with van der Waals surface area (Å²) in [5.41, 5.74) is 0.387. The van der Waals surface area contributed by atoms with Crippen LogP contribution in [0.2, 0.25) is 0 Å². The summed E-state index contributed by atoms with van der Waals surface area (Å²) in [5, 5.41) is 13.5. The van der Waals surface area contributed by atoms with Crippen molar-refractivity contribution in [3.8, 4) is 17.6 Å². The normalized spacial score (nSPS) is 9.96. The predicted octanol–water partition coefficient (Wildman–Crippen LogP) is 3.51. The minimum Gasteiger partial charge on any atom is -0.490 e. The fourth-order valence-electron chi connectivity index (χ4n) is 1.93. The second-order valence-corrected chi connectivity index (χ2v) is 6.59. The highest BCUT2D eigenvalue weighted by atomic mass is 79.9. The molecule has 0 atom stereocenters. The van der Waals surface area contributed by atoms with E-state index in [4.69, 9.17) is 14.7 Å². The molecule has 0 unspecified atom stereocenters. The van der Waals surface area contributed by atoms with Gasteiger partial charge in [0.2, 0.25) is 0 Å². The monoisotopic (exact) mass is 422 g/mol. The molecule has 0 fully saturated rings. The van der Waals surface area contributed by atoms with Gasteiger partial charge in [0, 0.05) is 12.6 Å². The zero-order valence-electron chi connectivity index (χ0n) is 13.4. The first-order valence-corrected chi connectivity index (χ1v) is 9.11. The minimum atomic E-state index is -0.516. The number of rotatable bonds is 7. The molecule has 1 N–H and O–H groups in total. The topological polar surface area (TPSA) is 88.4 Å². The summed E-state index contributed by atoms with van der Waals surface area (Å²) in [7, 11) is 0. The molecule has 0 saturated heterocycles. The maximum absolute atomic E-state index is 12.0. The van der Waals surface area contributed by atoms with Crippen LogP contribution in [-0.4, -0.2) is 25.0 Å². The Balaban J connectivity index is 1.96. The Hall–Kier alpha value is -2.37. The molecule has 0 saturated carbocycles. The van der Waals surface area contributed by atoms with E-state index in [9.17, 15) is 9.59 Å². The summed E-state index contributed by atoms with van der Waals surface area (Å²) in [6.45, 7) is 2.31. The average Bonchev–Trinajstić information content (AvgIpc) is 3.12. The first kappa shape index (κ1) is 19.0. The number of ether oxygens (including phenoxy) is 2. The summed E-state index contributed by atoms with van der Waals surface area (Å²) < 4.78 is 11.2. The third kappa shape index (κ3) is 5.31. The first-order chi connectivity index (χ1) is 12.0. The molecule has 2 rings (SSSR count). The van der Waals surface area contributed by atoms with Crippen molar-refractivity contribution in [1.29, 1.82) is 5.26 Å². The van der Waals surface area contributed by atoms with E-state index in [1.165, 1.54) is 17.4 Å². The van der Waals surface area contributed by atoms with Crippen molar-refractivity contribution in [1.82, 2.24) is 5.32 Å². The molecule has 1 heterocycles. The minimum absolute atomic E-state index is 0.00905. The van der Waals surface area contributed by atoms with Crippen molar-refractivity contribution >= 4 is 39.1 Å². The quantitative estimate of drug-likeness (QED) is 0.544. The number of nitrogens with one attached hydrogen (secondary N) is 1. The van der Waals surface area contributed by atoms with Gasteiger partial charge in [0.15, 0.2) is 11.5 Å². The van der Waals surface area contributed by atoms with Gasteiger partial charge in [-0.1, -0.05) is 6.07 Å². The highest BCUT2D eigenvalue weighted by Crippen LogP contribution is 2.37. The van der Waals surface area contributed by atoms with Gasteiger partial charge >= 0.3 is 5.97 Å². The van der Waals surface area contributed by atoms with Gasteiger partial charge in [-0.25, -0.2) is 0 Å². The number of halogens is 1. The number of amides is 1. The van der Waals surface area contributed by atoms with Crippen molar-refractivity contribution in [3.63, 3.8) is 0 Å². The van der Waals surface area contributed by atoms with Crippen LogP contribution in [0.15, 0.2) is 34.1 Å². The third-order valence-electron chi connectivity index (χ3n) is 3.01. The highest BCUT2D eigenvalue weighted by Gasteiger charge is 2.16. The van der Waals surface area contributed by atoms with Crippen LogP contribution < -0.4 is 14.8 Å². The molecule has 2 aromatic rings. The van der Waals surface area contributed by atoms with Crippen LogP contribution in [0.4, 0.5) is 0 Å². The molecular formula is C17H15BrN2O4S. The van der Waals surface area contributed by atoms with E-state index in [1.54, 1.807) is 30.5 Å². The van der Waals surface area contributed by atoms with Gasteiger partial charge in [0.1, 0.15) is 0 Å². The van der Waals surface area contributed by atoms with Crippen LogP contribution in [0.5, 0.6) is 11.5 Å². The van der Waals surface area contributed by atoms with Crippen molar-refractivity contribution in [3.05, 3.63) is 44.6 Å². The number of thiophene rings is 1. The van der Waals surface area contributed by atoms with Crippen LogP contribution in [-0.2, 0) is 4.79 Å². The van der Waals surface area contributed by atoms with Crippen LogP contribution in [0, 0.1) is 11.3 Å². The molecule has 1 aromatic carbocycles. The lowest BCUT2D eigenvalue weighted by molar-refractivity contribution is -0.134. The molecule has 0 radical (unpaired) electrons. The summed E-state index contributed by atoms with van der Waals surface area (Å²) in [6, 6.07) is 8.56. The van der Waals surface area contributed by atoms with Gasteiger partial charge in [-0.15, -0.1) is 11.3 Å². The molecule has 0 aliphatic carbocycles. The van der Waals surface area contributed by atoms with E-state index >= 15 is 0 Å². The molecule has 8 heteroatoms. The van der Waals surface area contributed by atoms with Gasteiger partial charge in [-0.2, -0.15) is 5.26 Å². The molecular weight excluding hydrogens is 408 g/mol.